The predicted octanol–water partition coefficient (Wildman–Crippen LogP) is 4.81. The molecule has 0 aliphatic carbocycles. The molecule has 0 radical (unpaired) electrons. The second-order valence-corrected chi connectivity index (χ2v) is 5.76. The molecule has 0 spiro atoms. The topological polar surface area (TPSA) is 0 Å². The van der Waals surface area contributed by atoms with E-state index in [1.54, 1.807) is 0 Å². The molecule has 0 atom stereocenters. The summed E-state index contributed by atoms with van der Waals surface area (Å²) in [7, 11) is 0. The maximum atomic E-state index is 5.86. The SMILES string of the molecule is CC(C)(CCCl)c1csc2ccccc12. The first kappa shape index (κ1) is 11.0. The van der Waals surface area contributed by atoms with Crippen LogP contribution in [-0.2, 0) is 5.41 Å². The zero-order chi connectivity index (χ0) is 10.9. The summed E-state index contributed by atoms with van der Waals surface area (Å²) in [5.74, 6) is 0.719. The third-order valence-electron chi connectivity index (χ3n) is 2.93. The van der Waals surface area contributed by atoms with Gasteiger partial charge in [-0.05, 0) is 34.2 Å². The van der Waals surface area contributed by atoms with E-state index < -0.39 is 0 Å². The van der Waals surface area contributed by atoms with Crippen LogP contribution in [0.25, 0.3) is 10.1 Å². The lowest BCUT2D eigenvalue weighted by atomic mass is 9.82. The second kappa shape index (κ2) is 4.15. The molecule has 1 heterocycles. The van der Waals surface area contributed by atoms with Crippen molar-refractivity contribution in [2.45, 2.75) is 25.7 Å². The highest BCUT2D eigenvalue weighted by atomic mass is 35.5. The van der Waals surface area contributed by atoms with Crippen LogP contribution in [0.15, 0.2) is 29.6 Å². The summed E-state index contributed by atoms with van der Waals surface area (Å²) in [6.45, 7) is 4.54. The molecule has 2 aromatic rings. The predicted molar refractivity (Wildman–Crippen MR) is 70.2 cm³/mol. The Labute approximate surface area is 99.9 Å². The van der Waals surface area contributed by atoms with E-state index in [0.29, 0.717) is 0 Å². The fraction of sp³-hybridized carbons (Fsp3) is 0.385. The maximum absolute atomic E-state index is 5.86. The van der Waals surface area contributed by atoms with Gasteiger partial charge in [-0.2, -0.15) is 0 Å². The first-order chi connectivity index (χ1) is 7.15. The average Bonchev–Trinajstić information content (AvgIpc) is 2.61. The Morgan fingerprint density at radius 1 is 1.27 bits per heavy atom. The van der Waals surface area contributed by atoms with E-state index in [9.17, 15) is 0 Å². The summed E-state index contributed by atoms with van der Waals surface area (Å²) in [5.41, 5.74) is 1.62. The number of rotatable bonds is 3. The third kappa shape index (κ3) is 2.04. The Balaban J connectivity index is 2.52. The number of alkyl halides is 1. The molecule has 2 rings (SSSR count). The Kier molecular flexibility index (Phi) is 3.03. The van der Waals surface area contributed by atoms with Gasteiger partial charge in [0.15, 0.2) is 0 Å². The van der Waals surface area contributed by atoms with Gasteiger partial charge in [0.2, 0.25) is 0 Å². The van der Waals surface area contributed by atoms with Crippen LogP contribution in [0.5, 0.6) is 0 Å². The zero-order valence-electron chi connectivity index (χ0n) is 9.09. The minimum Gasteiger partial charge on any atom is -0.144 e. The Morgan fingerprint density at radius 2 is 2.00 bits per heavy atom. The molecule has 0 saturated heterocycles. The summed E-state index contributed by atoms with van der Waals surface area (Å²) < 4.78 is 1.37. The molecule has 0 amide bonds. The lowest BCUT2D eigenvalue weighted by molar-refractivity contribution is 0.515. The fourth-order valence-corrected chi connectivity index (χ4v) is 3.50. The third-order valence-corrected chi connectivity index (χ3v) is 4.08. The van der Waals surface area contributed by atoms with Gasteiger partial charge < -0.3 is 0 Å². The molecular weight excluding hydrogens is 224 g/mol. The zero-order valence-corrected chi connectivity index (χ0v) is 10.7. The van der Waals surface area contributed by atoms with Crippen molar-refractivity contribution < 1.29 is 0 Å². The van der Waals surface area contributed by atoms with Gasteiger partial charge in [0, 0.05) is 10.6 Å². The molecule has 15 heavy (non-hydrogen) atoms. The van der Waals surface area contributed by atoms with Crippen molar-refractivity contribution in [3.05, 3.63) is 35.2 Å². The van der Waals surface area contributed by atoms with E-state index in [1.807, 2.05) is 11.3 Å². The lowest BCUT2D eigenvalue weighted by Gasteiger charge is -2.23. The van der Waals surface area contributed by atoms with E-state index in [4.69, 9.17) is 11.6 Å². The molecule has 0 bridgehead atoms. The minimum atomic E-state index is 0.182. The number of halogens is 1. The summed E-state index contributed by atoms with van der Waals surface area (Å²) >= 11 is 7.68. The summed E-state index contributed by atoms with van der Waals surface area (Å²) in [5, 5.41) is 3.66. The smallest absolute Gasteiger partial charge is 0.0345 e. The van der Waals surface area contributed by atoms with E-state index in [1.165, 1.54) is 15.6 Å². The van der Waals surface area contributed by atoms with Gasteiger partial charge in [-0.1, -0.05) is 32.0 Å². The highest BCUT2D eigenvalue weighted by Crippen LogP contribution is 2.36. The fourth-order valence-electron chi connectivity index (χ4n) is 1.87. The summed E-state index contributed by atoms with van der Waals surface area (Å²) in [6.07, 6.45) is 1.02. The summed E-state index contributed by atoms with van der Waals surface area (Å²) in [6, 6.07) is 8.59. The molecule has 0 aliphatic rings. The van der Waals surface area contributed by atoms with Crippen molar-refractivity contribution in [2.24, 2.45) is 0 Å². The number of thiophene rings is 1. The van der Waals surface area contributed by atoms with E-state index in [-0.39, 0.29) is 5.41 Å². The van der Waals surface area contributed by atoms with Crippen LogP contribution >= 0.6 is 22.9 Å². The van der Waals surface area contributed by atoms with Gasteiger partial charge >= 0.3 is 0 Å². The molecule has 2 heteroatoms. The molecule has 0 aliphatic heterocycles. The van der Waals surface area contributed by atoms with Crippen molar-refractivity contribution in [3.63, 3.8) is 0 Å². The van der Waals surface area contributed by atoms with Crippen molar-refractivity contribution >= 4 is 33.0 Å². The van der Waals surface area contributed by atoms with Crippen LogP contribution in [0.2, 0.25) is 0 Å². The van der Waals surface area contributed by atoms with Crippen LogP contribution in [-0.4, -0.2) is 5.88 Å². The van der Waals surface area contributed by atoms with Crippen molar-refractivity contribution in [3.8, 4) is 0 Å². The number of benzene rings is 1. The normalized spacial score (nSPS) is 12.2. The molecule has 0 unspecified atom stereocenters. The highest BCUT2D eigenvalue weighted by Gasteiger charge is 2.22. The quantitative estimate of drug-likeness (QED) is 0.674. The standard InChI is InChI=1S/C13H15ClS/c1-13(2,7-8-14)11-9-15-12-6-4-3-5-10(11)12/h3-6,9H,7-8H2,1-2H3. The first-order valence-electron chi connectivity index (χ1n) is 5.18. The number of fused-ring (bicyclic) bond motifs is 1. The van der Waals surface area contributed by atoms with Gasteiger partial charge in [-0.3, -0.25) is 0 Å². The Bertz CT molecular complexity index is 456. The Morgan fingerprint density at radius 3 is 2.73 bits per heavy atom. The maximum Gasteiger partial charge on any atom is 0.0345 e. The first-order valence-corrected chi connectivity index (χ1v) is 6.59. The van der Waals surface area contributed by atoms with E-state index >= 15 is 0 Å². The lowest BCUT2D eigenvalue weighted by Crippen LogP contribution is -2.16. The van der Waals surface area contributed by atoms with Gasteiger partial charge in [0.05, 0.1) is 0 Å². The average molecular weight is 239 g/mol. The molecule has 1 aromatic carbocycles. The van der Waals surface area contributed by atoms with Gasteiger partial charge in [0.1, 0.15) is 0 Å². The van der Waals surface area contributed by atoms with Crippen molar-refractivity contribution in [2.75, 3.05) is 5.88 Å². The number of hydrogen-bond acceptors (Lipinski definition) is 1. The van der Waals surface area contributed by atoms with E-state index in [0.717, 1.165) is 12.3 Å². The largest absolute Gasteiger partial charge is 0.144 e. The molecule has 0 saturated carbocycles. The van der Waals surface area contributed by atoms with Crippen LogP contribution in [0, 0.1) is 0 Å². The van der Waals surface area contributed by atoms with Crippen LogP contribution in [0.1, 0.15) is 25.8 Å². The molecule has 0 N–H and O–H groups in total. The molecule has 0 nitrogen and oxygen atoms in total. The van der Waals surface area contributed by atoms with E-state index in [2.05, 4.69) is 43.5 Å². The van der Waals surface area contributed by atoms with Crippen LogP contribution < -0.4 is 0 Å². The van der Waals surface area contributed by atoms with Crippen molar-refractivity contribution in [1.82, 2.24) is 0 Å². The van der Waals surface area contributed by atoms with Gasteiger partial charge in [-0.15, -0.1) is 22.9 Å². The van der Waals surface area contributed by atoms with Crippen LogP contribution in [0.4, 0.5) is 0 Å². The highest BCUT2D eigenvalue weighted by molar-refractivity contribution is 7.17. The summed E-state index contributed by atoms with van der Waals surface area (Å²) in [4.78, 5) is 0. The molecule has 80 valence electrons. The minimum absolute atomic E-state index is 0.182. The second-order valence-electron chi connectivity index (χ2n) is 4.47. The van der Waals surface area contributed by atoms with Crippen molar-refractivity contribution in [1.29, 1.82) is 0 Å². The van der Waals surface area contributed by atoms with Gasteiger partial charge in [-0.25, -0.2) is 0 Å². The molecular formula is C13H15ClS. The Hall–Kier alpha value is -0.530. The molecule has 1 aromatic heterocycles. The van der Waals surface area contributed by atoms with Gasteiger partial charge in [0.25, 0.3) is 0 Å². The monoisotopic (exact) mass is 238 g/mol. The number of hydrogen-bond donors (Lipinski definition) is 0. The molecule has 0 fully saturated rings. The van der Waals surface area contributed by atoms with Crippen LogP contribution in [0.3, 0.4) is 0 Å².